The Labute approximate surface area is 87.4 Å². The number of nitrogens with two attached hydrogens (primary N) is 1. The second-order valence-corrected chi connectivity index (χ2v) is 3.16. The van der Waals surface area contributed by atoms with Gasteiger partial charge in [-0.2, -0.15) is 0 Å². The maximum Gasteiger partial charge on any atom is 0.196 e. The number of hydrogen-bond acceptors (Lipinski definition) is 4. The van der Waals surface area contributed by atoms with Crippen LogP contribution in [-0.2, 0) is 11.3 Å². The molecule has 0 saturated heterocycles. The normalized spacial score (nSPS) is 10.4. The number of aryl methyl sites for hydroxylation is 1. The third-order valence-electron chi connectivity index (χ3n) is 2.21. The van der Waals surface area contributed by atoms with Gasteiger partial charge in [-0.15, -0.1) is 0 Å². The molecule has 3 N–H and O–H groups in total. The maximum atomic E-state index is 13.3. The number of hydrogen-bond donors (Lipinski definition) is 2. The van der Waals surface area contributed by atoms with Crippen molar-refractivity contribution < 1.29 is 19.1 Å². The molecule has 0 aliphatic rings. The van der Waals surface area contributed by atoms with E-state index in [2.05, 4.69) is 4.84 Å². The Balaban J connectivity index is 3.14. The van der Waals surface area contributed by atoms with Gasteiger partial charge in [0.25, 0.3) is 0 Å². The van der Waals surface area contributed by atoms with Crippen LogP contribution in [0.3, 0.4) is 0 Å². The number of benzene rings is 1. The number of aromatic hydroxyl groups is 1. The molecule has 0 heterocycles. The minimum absolute atomic E-state index is 0.146. The van der Waals surface area contributed by atoms with Gasteiger partial charge in [0, 0.05) is 12.0 Å². The molecule has 0 spiro atoms. The summed E-state index contributed by atoms with van der Waals surface area (Å²) in [6.45, 7) is 1.96. The zero-order chi connectivity index (χ0) is 11.4. The van der Waals surface area contributed by atoms with Crippen LogP contribution >= 0.6 is 0 Å². The van der Waals surface area contributed by atoms with Crippen molar-refractivity contribution >= 4 is 0 Å². The number of ether oxygens (including phenoxy) is 1. The van der Waals surface area contributed by atoms with Crippen LogP contribution in [0.15, 0.2) is 6.07 Å². The summed E-state index contributed by atoms with van der Waals surface area (Å²) in [5.41, 5.74) is 1.22. The predicted octanol–water partition coefficient (Wildman–Crippen LogP) is 1.28. The second kappa shape index (κ2) is 4.95. The van der Waals surface area contributed by atoms with Gasteiger partial charge in [-0.1, -0.05) is 0 Å². The van der Waals surface area contributed by atoms with Crippen LogP contribution in [0.2, 0.25) is 0 Å². The first-order chi connectivity index (χ1) is 7.11. The molecule has 0 atom stereocenters. The summed E-state index contributed by atoms with van der Waals surface area (Å²) < 4.78 is 18.0. The van der Waals surface area contributed by atoms with E-state index in [9.17, 15) is 9.50 Å². The lowest BCUT2D eigenvalue weighted by atomic mass is 10.0. The van der Waals surface area contributed by atoms with Crippen molar-refractivity contribution in [1.82, 2.24) is 0 Å². The van der Waals surface area contributed by atoms with Gasteiger partial charge in [0.2, 0.25) is 0 Å². The first-order valence-corrected chi connectivity index (χ1v) is 4.48. The minimum atomic E-state index is -0.579. The lowest BCUT2D eigenvalue weighted by Gasteiger charge is -2.12. The fourth-order valence-electron chi connectivity index (χ4n) is 1.45. The minimum Gasteiger partial charge on any atom is -0.504 e. The fourth-order valence-corrected chi connectivity index (χ4v) is 1.45. The maximum absolute atomic E-state index is 13.3. The number of halogens is 1. The highest BCUT2D eigenvalue weighted by molar-refractivity contribution is 5.50. The molecule has 1 aromatic carbocycles. The average Bonchev–Trinajstić information content (AvgIpc) is 2.17. The van der Waals surface area contributed by atoms with Crippen LogP contribution in [0.4, 0.5) is 4.39 Å². The molecule has 0 aliphatic carbocycles. The molecule has 5 heteroatoms. The van der Waals surface area contributed by atoms with Crippen molar-refractivity contribution in [2.45, 2.75) is 13.3 Å². The van der Waals surface area contributed by atoms with Gasteiger partial charge in [0.15, 0.2) is 17.3 Å². The van der Waals surface area contributed by atoms with E-state index in [1.54, 1.807) is 6.92 Å². The summed E-state index contributed by atoms with van der Waals surface area (Å²) in [6.07, 6.45) is 0.408. The molecule has 0 saturated carbocycles. The molecule has 0 amide bonds. The Kier molecular flexibility index (Phi) is 3.88. The van der Waals surface area contributed by atoms with Crippen molar-refractivity contribution in [2.24, 2.45) is 5.90 Å². The van der Waals surface area contributed by atoms with E-state index in [-0.39, 0.29) is 18.1 Å². The fraction of sp³-hybridized carbons (Fsp3) is 0.400. The van der Waals surface area contributed by atoms with Gasteiger partial charge >= 0.3 is 0 Å². The van der Waals surface area contributed by atoms with Crippen LogP contribution < -0.4 is 10.6 Å². The molecule has 1 aromatic rings. The molecule has 0 bridgehead atoms. The van der Waals surface area contributed by atoms with Crippen molar-refractivity contribution in [3.63, 3.8) is 0 Å². The molecule has 0 fully saturated rings. The Hall–Kier alpha value is -1.33. The highest BCUT2D eigenvalue weighted by Gasteiger charge is 2.16. The van der Waals surface area contributed by atoms with Gasteiger partial charge in [-0.25, -0.2) is 10.3 Å². The third-order valence-corrected chi connectivity index (χ3v) is 2.21. The molecule has 15 heavy (non-hydrogen) atoms. The Morgan fingerprint density at radius 1 is 1.53 bits per heavy atom. The summed E-state index contributed by atoms with van der Waals surface area (Å²) in [5, 5.41) is 9.72. The summed E-state index contributed by atoms with van der Waals surface area (Å²) in [6, 6.07) is 1.31. The standard InChI is InChI=1S/C10H14FNO3/c1-6-5-8(11)10(14-2)9(13)7(6)3-4-15-12/h5,13H,3-4,12H2,1-2H3. The van der Waals surface area contributed by atoms with E-state index in [1.807, 2.05) is 0 Å². The molecule has 0 unspecified atom stereocenters. The molecule has 0 radical (unpaired) electrons. The zero-order valence-corrected chi connectivity index (χ0v) is 8.71. The van der Waals surface area contributed by atoms with Crippen LogP contribution in [0.5, 0.6) is 11.5 Å². The van der Waals surface area contributed by atoms with E-state index in [4.69, 9.17) is 10.6 Å². The summed E-state index contributed by atoms with van der Waals surface area (Å²) in [4.78, 5) is 4.41. The van der Waals surface area contributed by atoms with Crippen molar-refractivity contribution in [3.8, 4) is 11.5 Å². The van der Waals surface area contributed by atoms with Gasteiger partial charge in [-0.3, -0.25) is 0 Å². The third kappa shape index (κ3) is 2.37. The number of rotatable bonds is 4. The Morgan fingerprint density at radius 3 is 2.73 bits per heavy atom. The molecule has 1 rings (SSSR count). The van der Waals surface area contributed by atoms with Crippen molar-refractivity contribution in [3.05, 3.63) is 23.0 Å². The van der Waals surface area contributed by atoms with Crippen LogP contribution in [0.25, 0.3) is 0 Å². The molecule has 0 aromatic heterocycles. The van der Waals surface area contributed by atoms with Crippen LogP contribution in [0.1, 0.15) is 11.1 Å². The van der Waals surface area contributed by atoms with E-state index >= 15 is 0 Å². The van der Waals surface area contributed by atoms with Gasteiger partial charge in [0.05, 0.1) is 13.7 Å². The summed E-state index contributed by atoms with van der Waals surface area (Å²) >= 11 is 0. The van der Waals surface area contributed by atoms with Crippen LogP contribution in [-0.4, -0.2) is 18.8 Å². The van der Waals surface area contributed by atoms with Gasteiger partial charge in [-0.05, 0) is 18.6 Å². The second-order valence-electron chi connectivity index (χ2n) is 3.16. The first-order valence-electron chi connectivity index (χ1n) is 4.48. The average molecular weight is 215 g/mol. The van der Waals surface area contributed by atoms with E-state index < -0.39 is 5.82 Å². The lowest BCUT2D eigenvalue weighted by Crippen LogP contribution is -2.06. The predicted molar refractivity (Wildman–Crippen MR) is 53.2 cm³/mol. The lowest BCUT2D eigenvalue weighted by molar-refractivity contribution is 0.140. The molecular weight excluding hydrogens is 201 g/mol. The number of methoxy groups -OCH3 is 1. The molecule has 4 nitrogen and oxygen atoms in total. The number of phenolic OH excluding ortho intramolecular Hbond substituents is 1. The SMILES string of the molecule is COc1c(F)cc(C)c(CCON)c1O. The molecule has 0 aliphatic heterocycles. The van der Waals surface area contributed by atoms with E-state index in [0.29, 0.717) is 17.5 Å². The molecule has 84 valence electrons. The Bertz CT molecular complexity index is 355. The summed E-state index contributed by atoms with van der Waals surface area (Å²) in [7, 11) is 1.30. The summed E-state index contributed by atoms with van der Waals surface area (Å²) in [5.74, 6) is 3.98. The van der Waals surface area contributed by atoms with Crippen molar-refractivity contribution in [2.75, 3.05) is 13.7 Å². The van der Waals surface area contributed by atoms with E-state index in [0.717, 1.165) is 0 Å². The number of phenols is 1. The smallest absolute Gasteiger partial charge is 0.196 e. The topological polar surface area (TPSA) is 64.7 Å². The van der Waals surface area contributed by atoms with E-state index in [1.165, 1.54) is 13.2 Å². The van der Waals surface area contributed by atoms with Crippen molar-refractivity contribution in [1.29, 1.82) is 0 Å². The largest absolute Gasteiger partial charge is 0.504 e. The zero-order valence-electron chi connectivity index (χ0n) is 8.71. The van der Waals surface area contributed by atoms with Gasteiger partial charge in [0.1, 0.15) is 0 Å². The molecular formula is C10H14FNO3. The Morgan fingerprint density at radius 2 is 2.20 bits per heavy atom. The van der Waals surface area contributed by atoms with Gasteiger partial charge < -0.3 is 14.7 Å². The first kappa shape index (κ1) is 11.7. The highest BCUT2D eigenvalue weighted by Crippen LogP contribution is 2.35. The highest BCUT2D eigenvalue weighted by atomic mass is 19.1. The quantitative estimate of drug-likeness (QED) is 0.742. The monoisotopic (exact) mass is 215 g/mol. The van der Waals surface area contributed by atoms with Crippen LogP contribution in [0, 0.1) is 12.7 Å².